The van der Waals surface area contributed by atoms with Gasteiger partial charge in [0.2, 0.25) is 0 Å². The van der Waals surface area contributed by atoms with Crippen LogP contribution < -0.4 is 0 Å². The smallest absolute Gasteiger partial charge is 0.197 e. The molecule has 0 spiro atoms. The molecule has 0 amide bonds. The molecular weight excluding hydrogens is 143 g/mol. The molecule has 1 aliphatic rings. The van der Waals surface area contributed by atoms with Crippen molar-refractivity contribution in [1.29, 1.82) is 5.26 Å². The van der Waals surface area contributed by atoms with Crippen molar-refractivity contribution in [1.82, 2.24) is 0 Å². The minimum atomic E-state index is -4.32. The maximum atomic E-state index is 11.9. The molecule has 1 aliphatic carbocycles. The van der Waals surface area contributed by atoms with Crippen LogP contribution in [0.25, 0.3) is 0 Å². The number of nitriles is 1. The Balaban J connectivity index is 2.77. The normalized spacial score (nSPS) is 23.0. The van der Waals surface area contributed by atoms with E-state index in [1.54, 1.807) is 0 Å². The van der Waals surface area contributed by atoms with Gasteiger partial charge >= 0.3 is 6.18 Å². The van der Waals surface area contributed by atoms with Gasteiger partial charge in [0.05, 0.1) is 6.07 Å². The number of rotatable bonds is 0. The van der Waals surface area contributed by atoms with Crippen LogP contribution in [0.3, 0.4) is 0 Å². The van der Waals surface area contributed by atoms with Crippen molar-refractivity contribution < 1.29 is 13.2 Å². The molecule has 1 rings (SSSR count). The Hall–Kier alpha value is -0.720. The highest BCUT2D eigenvalue weighted by molar-refractivity contribution is 5.09. The van der Waals surface area contributed by atoms with Crippen LogP contribution in [0.5, 0.6) is 0 Å². The SMILES string of the molecule is N#CC1(C(F)(F)F)CCC1. The lowest BCUT2D eigenvalue weighted by Crippen LogP contribution is -2.42. The third-order valence-electron chi connectivity index (χ3n) is 1.96. The Morgan fingerprint density at radius 2 is 1.80 bits per heavy atom. The molecule has 0 radical (unpaired) electrons. The third kappa shape index (κ3) is 0.772. The van der Waals surface area contributed by atoms with Gasteiger partial charge in [-0.1, -0.05) is 0 Å². The average Bonchev–Trinajstić information content (AvgIpc) is 1.58. The van der Waals surface area contributed by atoms with Gasteiger partial charge in [-0.05, 0) is 19.3 Å². The highest BCUT2D eigenvalue weighted by Crippen LogP contribution is 2.52. The van der Waals surface area contributed by atoms with Crippen LogP contribution in [-0.2, 0) is 0 Å². The Morgan fingerprint density at radius 1 is 1.30 bits per heavy atom. The minimum absolute atomic E-state index is 0.0208. The number of nitrogens with zero attached hydrogens (tertiary/aromatic N) is 1. The van der Waals surface area contributed by atoms with Gasteiger partial charge < -0.3 is 0 Å². The molecule has 1 nitrogen and oxygen atoms in total. The molecule has 0 bridgehead atoms. The van der Waals surface area contributed by atoms with Crippen LogP contribution in [-0.4, -0.2) is 6.18 Å². The van der Waals surface area contributed by atoms with Gasteiger partial charge in [0.1, 0.15) is 0 Å². The van der Waals surface area contributed by atoms with Crippen LogP contribution in [0.1, 0.15) is 19.3 Å². The lowest BCUT2D eigenvalue weighted by Gasteiger charge is -2.36. The maximum absolute atomic E-state index is 11.9. The van der Waals surface area contributed by atoms with Crippen LogP contribution >= 0.6 is 0 Å². The van der Waals surface area contributed by atoms with Crippen LogP contribution in [0.4, 0.5) is 13.2 Å². The first-order chi connectivity index (χ1) is 4.52. The second kappa shape index (κ2) is 1.88. The summed E-state index contributed by atoms with van der Waals surface area (Å²) < 4.78 is 35.8. The summed E-state index contributed by atoms with van der Waals surface area (Å²) in [4.78, 5) is 0. The monoisotopic (exact) mass is 149 g/mol. The molecule has 56 valence electrons. The molecule has 0 atom stereocenters. The molecule has 0 aromatic heterocycles. The molecule has 1 saturated carbocycles. The Labute approximate surface area is 56.4 Å². The summed E-state index contributed by atoms with van der Waals surface area (Å²) >= 11 is 0. The minimum Gasteiger partial charge on any atom is -0.197 e. The van der Waals surface area contributed by atoms with Crippen molar-refractivity contribution in [2.75, 3.05) is 0 Å². The first-order valence-corrected chi connectivity index (χ1v) is 3.00. The summed E-state index contributed by atoms with van der Waals surface area (Å²) in [7, 11) is 0. The molecule has 0 N–H and O–H groups in total. The zero-order valence-corrected chi connectivity index (χ0v) is 5.20. The van der Waals surface area contributed by atoms with Gasteiger partial charge in [-0.25, -0.2) is 0 Å². The van der Waals surface area contributed by atoms with E-state index in [0.29, 0.717) is 6.42 Å². The molecule has 0 aromatic carbocycles. The zero-order chi connectivity index (χ0) is 7.83. The number of hydrogen-bond donors (Lipinski definition) is 0. The fourth-order valence-electron chi connectivity index (χ4n) is 0.989. The van der Waals surface area contributed by atoms with E-state index in [-0.39, 0.29) is 12.8 Å². The van der Waals surface area contributed by atoms with E-state index in [9.17, 15) is 13.2 Å². The molecule has 0 saturated heterocycles. The number of halogens is 3. The maximum Gasteiger partial charge on any atom is 0.407 e. The van der Waals surface area contributed by atoms with E-state index in [4.69, 9.17) is 5.26 Å². The molecule has 0 aromatic rings. The van der Waals surface area contributed by atoms with E-state index in [1.807, 2.05) is 0 Å². The highest BCUT2D eigenvalue weighted by atomic mass is 19.4. The van der Waals surface area contributed by atoms with Gasteiger partial charge in [0.25, 0.3) is 0 Å². The Morgan fingerprint density at radius 3 is 1.80 bits per heavy atom. The average molecular weight is 149 g/mol. The lowest BCUT2D eigenvalue weighted by molar-refractivity contribution is -0.226. The fourth-order valence-corrected chi connectivity index (χ4v) is 0.989. The van der Waals surface area contributed by atoms with Crippen LogP contribution in [0, 0.1) is 16.7 Å². The summed E-state index contributed by atoms with van der Waals surface area (Å²) in [6, 6.07) is 1.33. The summed E-state index contributed by atoms with van der Waals surface area (Å²) in [6.07, 6.45) is -3.84. The first-order valence-electron chi connectivity index (χ1n) is 3.00. The number of hydrogen-bond acceptors (Lipinski definition) is 1. The van der Waals surface area contributed by atoms with Gasteiger partial charge in [0, 0.05) is 0 Å². The lowest BCUT2D eigenvalue weighted by atomic mass is 9.69. The summed E-state index contributed by atoms with van der Waals surface area (Å²) in [5.41, 5.74) is -1.99. The van der Waals surface area contributed by atoms with Gasteiger partial charge in [-0.3, -0.25) is 0 Å². The zero-order valence-electron chi connectivity index (χ0n) is 5.20. The van der Waals surface area contributed by atoms with Crippen LogP contribution in [0.2, 0.25) is 0 Å². The molecular formula is C6H6F3N. The number of alkyl halides is 3. The van der Waals surface area contributed by atoms with E-state index >= 15 is 0 Å². The summed E-state index contributed by atoms with van der Waals surface area (Å²) in [5, 5.41) is 8.20. The van der Waals surface area contributed by atoms with E-state index < -0.39 is 11.6 Å². The second-order valence-corrected chi connectivity index (χ2v) is 2.55. The standard InChI is InChI=1S/C6H6F3N/c7-6(8,9)5(4-10)2-1-3-5/h1-3H2. The molecule has 10 heavy (non-hydrogen) atoms. The van der Waals surface area contributed by atoms with Crippen molar-refractivity contribution in [2.24, 2.45) is 5.41 Å². The summed E-state index contributed by atoms with van der Waals surface area (Å²) in [6.45, 7) is 0. The quantitative estimate of drug-likeness (QED) is 0.518. The predicted octanol–water partition coefficient (Wildman–Crippen LogP) is 2.24. The molecule has 4 heteroatoms. The topological polar surface area (TPSA) is 23.8 Å². The van der Waals surface area contributed by atoms with Crippen molar-refractivity contribution in [3.8, 4) is 6.07 Å². The van der Waals surface area contributed by atoms with E-state index in [2.05, 4.69) is 0 Å². The van der Waals surface area contributed by atoms with Crippen molar-refractivity contribution in [3.63, 3.8) is 0 Å². The highest BCUT2D eigenvalue weighted by Gasteiger charge is 2.58. The molecule has 1 fully saturated rings. The summed E-state index contributed by atoms with van der Waals surface area (Å²) in [5.74, 6) is 0. The van der Waals surface area contributed by atoms with Gasteiger partial charge in [-0.15, -0.1) is 0 Å². The Kier molecular flexibility index (Phi) is 1.39. The first kappa shape index (κ1) is 7.39. The predicted molar refractivity (Wildman–Crippen MR) is 28.0 cm³/mol. The fraction of sp³-hybridized carbons (Fsp3) is 0.833. The van der Waals surface area contributed by atoms with Gasteiger partial charge in [-0.2, -0.15) is 18.4 Å². The van der Waals surface area contributed by atoms with Crippen molar-refractivity contribution >= 4 is 0 Å². The third-order valence-corrected chi connectivity index (χ3v) is 1.96. The second-order valence-electron chi connectivity index (χ2n) is 2.55. The largest absolute Gasteiger partial charge is 0.407 e. The van der Waals surface area contributed by atoms with E-state index in [0.717, 1.165) is 0 Å². The van der Waals surface area contributed by atoms with Gasteiger partial charge in [0.15, 0.2) is 5.41 Å². The van der Waals surface area contributed by atoms with E-state index in [1.165, 1.54) is 6.07 Å². The molecule has 0 aliphatic heterocycles. The molecule has 0 unspecified atom stereocenters. The van der Waals surface area contributed by atoms with Crippen molar-refractivity contribution in [3.05, 3.63) is 0 Å². The Bertz CT molecular complexity index is 172. The van der Waals surface area contributed by atoms with Crippen molar-refractivity contribution in [2.45, 2.75) is 25.4 Å². The molecule has 0 heterocycles. The van der Waals surface area contributed by atoms with Crippen LogP contribution in [0.15, 0.2) is 0 Å².